The molecule has 0 atom stereocenters. The molecule has 2 aromatic carbocycles. The summed E-state index contributed by atoms with van der Waals surface area (Å²) in [6.45, 7) is 0. The second kappa shape index (κ2) is 3.78. The Balaban J connectivity index is 2.06. The summed E-state index contributed by atoms with van der Waals surface area (Å²) in [6, 6.07) is 18.5. The van der Waals surface area contributed by atoms with Gasteiger partial charge in [0, 0.05) is 17.4 Å². The van der Waals surface area contributed by atoms with E-state index in [-0.39, 0.29) is 0 Å². The number of hydrogen-bond acceptors (Lipinski definition) is 1. The van der Waals surface area contributed by atoms with E-state index in [4.69, 9.17) is 0 Å². The lowest BCUT2D eigenvalue weighted by molar-refractivity contribution is 1.55. The lowest BCUT2D eigenvalue weighted by Gasteiger charge is -1.98. The van der Waals surface area contributed by atoms with E-state index in [0.717, 1.165) is 5.69 Å². The van der Waals surface area contributed by atoms with Crippen LogP contribution in [0.1, 0.15) is 11.1 Å². The molecular formula is C15H11N. The number of hydrogen-bond donors (Lipinski definition) is 0. The van der Waals surface area contributed by atoms with Crippen molar-refractivity contribution in [2.24, 2.45) is 4.99 Å². The zero-order valence-corrected chi connectivity index (χ0v) is 8.80. The lowest BCUT2D eigenvalue weighted by Crippen LogP contribution is -1.79. The number of nitrogens with zero attached hydrogens (tertiary/aromatic N) is 1. The molecular weight excluding hydrogens is 194 g/mol. The molecule has 76 valence electrons. The molecule has 0 spiro atoms. The molecule has 0 aromatic heterocycles. The van der Waals surface area contributed by atoms with E-state index < -0.39 is 0 Å². The van der Waals surface area contributed by atoms with Crippen molar-refractivity contribution in [2.75, 3.05) is 0 Å². The third-order valence-corrected chi connectivity index (χ3v) is 2.68. The van der Waals surface area contributed by atoms with Crippen LogP contribution in [0.3, 0.4) is 0 Å². The van der Waals surface area contributed by atoms with E-state index in [1.165, 1.54) is 16.7 Å². The minimum atomic E-state index is 1.06. The number of allylic oxidation sites excluding steroid dienone is 1. The van der Waals surface area contributed by atoms with E-state index in [1.54, 1.807) is 0 Å². The van der Waals surface area contributed by atoms with Crippen molar-refractivity contribution in [1.29, 1.82) is 0 Å². The molecule has 0 amide bonds. The Hall–Kier alpha value is -2.15. The van der Waals surface area contributed by atoms with Crippen LogP contribution in [0.25, 0.3) is 11.6 Å². The molecule has 0 N–H and O–H groups in total. The quantitative estimate of drug-likeness (QED) is 0.668. The molecule has 16 heavy (non-hydrogen) atoms. The van der Waals surface area contributed by atoms with E-state index in [1.807, 2.05) is 42.6 Å². The predicted octanol–water partition coefficient (Wildman–Crippen LogP) is 3.94. The van der Waals surface area contributed by atoms with Crippen molar-refractivity contribution >= 4 is 23.6 Å². The fourth-order valence-corrected chi connectivity index (χ4v) is 1.88. The summed E-state index contributed by atoms with van der Waals surface area (Å²) >= 11 is 0. The maximum absolute atomic E-state index is 4.38. The maximum Gasteiger partial charge on any atom is 0.0708 e. The monoisotopic (exact) mass is 205 g/mol. The van der Waals surface area contributed by atoms with Gasteiger partial charge in [0.25, 0.3) is 0 Å². The Morgan fingerprint density at radius 1 is 0.812 bits per heavy atom. The van der Waals surface area contributed by atoms with Gasteiger partial charge in [0.1, 0.15) is 0 Å². The van der Waals surface area contributed by atoms with Crippen LogP contribution in [-0.2, 0) is 0 Å². The molecule has 3 rings (SSSR count). The smallest absolute Gasteiger partial charge is 0.0708 e. The van der Waals surface area contributed by atoms with Gasteiger partial charge in [-0.3, -0.25) is 4.99 Å². The molecule has 0 unspecified atom stereocenters. The van der Waals surface area contributed by atoms with Crippen molar-refractivity contribution < 1.29 is 0 Å². The van der Waals surface area contributed by atoms with Gasteiger partial charge < -0.3 is 0 Å². The summed E-state index contributed by atoms with van der Waals surface area (Å²) in [5, 5.41) is 0. The Morgan fingerprint density at radius 2 is 1.56 bits per heavy atom. The number of rotatable bonds is 1. The van der Waals surface area contributed by atoms with Gasteiger partial charge in [-0.05, 0) is 17.7 Å². The molecule has 1 nitrogen and oxygen atoms in total. The molecule has 1 heterocycles. The zero-order chi connectivity index (χ0) is 10.8. The average Bonchev–Trinajstić information content (AvgIpc) is 2.74. The molecule has 0 saturated carbocycles. The minimum Gasteiger partial charge on any atom is -0.256 e. The first-order valence-corrected chi connectivity index (χ1v) is 5.34. The van der Waals surface area contributed by atoms with Crippen molar-refractivity contribution in [3.8, 4) is 0 Å². The standard InChI is InChI=1S/C15H11N/c1-2-6-12(7-3-1)10-13-11-16-15-9-5-4-8-14(13)15/h1-11H/b13-10-. The second-order valence-electron chi connectivity index (χ2n) is 3.79. The molecule has 0 saturated heterocycles. The van der Waals surface area contributed by atoms with E-state index in [9.17, 15) is 0 Å². The van der Waals surface area contributed by atoms with Crippen LogP contribution >= 0.6 is 0 Å². The zero-order valence-electron chi connectivity index (χ0n) is 8.80. The third kappa shape index (κ3) is 1.57. The molecule has 1 aliphatic rings. The summed E-state index contributed by atoms with van der Waals surface area (Å²) in [6.07, 6.45) is 4.09. The first-order chi connectivity index (χ1) is 7.93. The highest BCUT2D eigenvalue weighted by Crippen LogP contribution is 2.31. The molecule has 2 aromatic rings. The van der Waals surface area contributed by atoms with Gasteiger partial charge in [0.05, 0.1) is 5.69 Å². The van der Waals surface area contributed by atoms with Gasteiger partial charge >= 0.3 is 0 Å². The van der Waals surface area contributed by atoms with Gasteiger partial charge in [-0.1, -0.05) is 48.5 Å². The van der Waals surface area contributed by atoms with Crippen LogP contribution in [0.4, 0.5) is 5.69 Å². The molecule has 1 heteroatoms. The summed E-state index contributed by atoms with van der Waals surface area (Å²) in [4.78, 5) is 4.38. The first kappa shape index (κ1) is 9.10. The average molecular weight is 205 g/mol. The van der Waals surface area contributed by atoms with Gasteiger partial charge in [0.2, 0.25) is 0 Å². The highest BCUT2D eigenvalue weighted by Gasteiger charge is 2.10. The SMILES string of the molecule is C1=Nc2ccccc2/C1=C\c1ccccc1. The Labute approximate surface area is 94.8 Å². The summed E-state index contributed by atoms with van der Waals surface area (Å²) < 4.78 is 0. The van der Waals surface area contributed by atoms with Crippen molar-refractivity contribution in [3.63, 3.8) is 0 Å². The molecule has 0 radical (unpaired) electrons. The summed E-state index contributed by atoms with van der Waals surface area (Å²) in [7, 11) is 0. The Morgan fingerprint density at radius 3 is 2.44 bits per heavy atom. The molecule has 0 aliphatic carbocycles. The van der Waals surface area contributed by atoms with Crippen molar-refractivity contribution in [2.45, 2.75) is 0 Å². The van der Waals surface area contributed by atoms with Crippen molar-refractivity contribution in [1.82, 2.24) is 0 Å². The summed E-state index contributed by atoms with van der Waals surface area (Å²) in [5.41, 5.74) is 4.67. The lowest BCUT2D eigenvalue weighted by atomic mass is 10.0. The number of fused-ring (bicyclic) bond motifs is 1. The van der Waals surface area contributed by atoms with Crippen LogP contribution in [0.2, 0.25) is 0 Å². The van der Waals surface area contributed by atoms with Crippen LogP contribution in [0.15, 0.2) is 59.6 Å². The highest BCUT2D eigenvalue weighted by molar-refractivity contribution is 6.21. The van der Waals surface area contributed by atoms with Gasteiger partial charge in [-0.2, -0.15) is 0 Å². The Bertz CT molecular complexity index is 565. The molecule has 0 bridgehead atoms. The van der Waals surface area contributed by atoms with Crippen LogP contribution < -0.4 is 0 Å². The predicted molar refractivity (Wildman–Crippen MR) is 68.9 cm³/mol. The summed E-state index contributed by atoms with van der Waals surface area (Å²) in [5.74, 6) is 0. The van der Waals surface area contributed by atoms with Crippen LogP contribution in [0, 0.1) is 0 Å². The van der Waals surface area contributed by atoms with E-state index in [2.05, 4.69) is 29.3 Å². The minimum absolute atomic E-state index is 1.06. The fraction of sp³-hybridized carbons (Fsp3) is 0. The molecule has 1 aliphatic heterocycles. The number of aliphatic imine (C=N–C) groups is 1. The maximum atomic E-state index is 4.38. The molecule has 0 fully saturated rings. The normalized spacial score (nSPS) is 15.4. The number of para-hydroxylation sites is 1. The Kier molecular flexibility index (Phi) is 2.15. The number of benzene rings is 2. The second-order valence-corrected chi connectivity index (χ2v) is 3.79. The third-order valence-electron chi connectivity index (χ3n) is 2.68. The van der Waals surface area contributed by atoms with Crippen molar-refractivity contribution in [3.05, 3.63) is 65.7 Å². The fourth-order valence-electron chi connectivity index (χ4n) is 1.88. The van der Waals surface area contributed by atoms with Gasteiger partial charge in [-0.15, -0.1) is 0 Å². The topological polar surface area (TPSA) is 12.4 Å². The van der Waals surface area contributed by atoms with E-state index in [0.29, 0.717) is 0 Å². The van der Waals surface area contributed by atoms with Crippen LogP contribution in [0.5, 0.6) is 0 Å². The van der Waals surface area contributed by atoms with Gasteiger partial charge in [0.15, 0.2) is 0 Å². The highest BCUT2D eigenvalue weighted by atomic mass is 14.7. The van der Waals surface area contributed by atoms with Gasteiger partial charge in [-0.25, -0.2) is 0 Å². The van der Waals surface area contributed by atoms with Crippen LogP contribution in [-0.4, -0.2) is 6.21 Å². The first-order valence-electron chi connectivity index (χ1n) is 5.34. The largest absolute Gasteiger partial charge is 0.256 e. The van der Waals surface area contributed by atoms with E-state index >= 15 is 0 Å².